The Morgan fingerprint density at radius 2 is 1.07 bits per heavy atom. The molecular weight excluding hydrogens is 364 g/mol. The number of carbonyl (C=O) groups is 1. The van der Waals surface area contributed by atoms with E-state index in [9.17, 15) is 4.79 Å². The topological polar surface area (TPSA) is 44.8 Å². The van der Waals surface area contributed by atoms with Crippen molar-refractivity contribution in [3.8, 4) is 0 Å². The average molecular weight is 390 g/mol. The highest BCUT2D eigenvalue weighted by molar-refractivity contribution is 5.57. The zero-order valence-electron chi connectivity index (χ0n) is 16.4. The van der Waals surface area contributed by atoms with Crippen molar-refractivity contribution in [1.82, 2.24) is 0 Å². The van der Waals surface area contributed by atoms with E-state index in [0.29, 0.717) is 19.8 Å². The van der Waals surface area contributed by atoms with E-state index >= 15 is 0 Å². The summed E-state index contributed by atoms with van der Waals surface area (Å²) >= 11 is 0. The van der Waals surface area contributed by atoms with Gasteiger partial charge in [0.05, 0.1) is 26.4 Å². The van der Waals surface area contributed by atoms with Gasteiger partial charge in [0.1, 0.15) is 12.2 Å². The standard InChI is InChI=1S/C25H26O4/c26-16-24(28-18-22-12-6-2-7-13-22)25(29-19-23-14-8-3-9-15-23)20-27-17-21-10-4-1-5-11-21/h1-16,24-25H,17-20H2/t24-,25+/m1/s1. The molecule has 150 valence electrons. The van der Waals surface area contributed by atoms with Gasteiger partial charge in [0, 0.05) is 0 Å². The maximum absolute atomic E-state index is 11.8. The Hall–Kier alpha value is -2.79. The van der Waals surface area contributed by atoms with Crippen molar-refractivity contribution in [2.24, 2.45) is 0 Å². The molecule has 0 saturated heterocycles. The maximum atomic E-state index is 11.8. The first-order chi connectivity index (χ1) is 14.3. The van der Waals surface area contributed by atoms with Gasteiger partial charge < -0.3 is 19.0 Å². The summed E-state index contributed by atoms with van der Waals surface area (Å²) in [5.74, 6) is 0. The lowest BCUT2D eigenvalue weighted by atomic mass is 10.2. The van der Waals surface area contributed by atoms with E-state index in [0.717, 1.165) is 23.0 Å². The second-order valence-electron chi connectivity index (χ2n) is 6.73. The third-order valence-electron chi connectivity index (χ3n) is 4.49. The first-order valence-electron chi connectivity index (χ1n) is 9.73. The highest BCUT2D eigenvalue weighted by Gasteiger charge is 2.23. The maximum Gasteiger partial charge on any atom is 0.151 e. The first kappa shape index (κ1) is 20.9. The molecule has 0 N–H and O–H groups in total. The molecule has 0 radical (unpaired) electrons. The summed E-state index contributed by atoms with van der Waals surface area (Å²) in [6, 6.07) is 29.5. The molecule has 3 rings (SSSR count). The number of ether oxygens (including phenoxy) is 3. The Bertz CT molecular complexity index is 821. The van der Waals surface area contributed by atoms with Gasteiger partial charge >= 0.3 is 0 Å². The summed E-state index contributed by atoms with van der Waals surface area (Å²) in [7, 11) is 0. The first-order valence-corrected chi connectivity index (χ1v) is 9.73. The molecule has 0 fully saturated rings. The van der Waals surface area contributed by atoms with E-state index in [1.807, 2.05) is 91.0 Å². The monoisotopic (exact) mass is 390 g/mol. The third kappa shape index (κ3) is 7.27. The Kier molecular flexibility index (Phi) is 8.60. The molecule has 2 atom stereocenters. The van der Waals surface area contributed by atoms with Crippen molar-refractivity contribution in [3.63, 3.8) is 0 Å². The minimum absolute atomic E-state index is 0.264. The minimum atomic E-state index is -0.713. The molecule has 0 bridgehead atoms. The number of aldehydes is 1. The van der Waals surface area contributed by atoms with Crippen molar-refractivity contribution in [2.75, 3.05) is 6.61 Å². The highest BCUT2D eigenvalue weighted by atomic mass is 16.6. The van der Waals surface area contributed by atoms with Gasteiger partial charge in [-0.15, -0.1) is 0 Å². The summed E-state index contributed by atoms with van der Waals surface area (Å²) in [6.07, 6.45) is -0.417. The van der Waals surface area contributed by atoms with Crippen LogP contribution in [0.15, 0.2) is 91.0 Å². The summed E-state index contributed by atoms with van der Waals surface area (Å²) in [5.41, 5.74) is 3.11. The van der Waals surface area contributed by atoms with E-state index in [1.54, 1.807) is 0 Å². The molecule has 3 aromatic carbocycles. The molecule has 4 heteroatoms. The molecule has 0 aliphatic carbocycles. The molecular formula is C25H26O4. The van der Waals surface area contributed by atoms with Gasteiger partial charge in [0.2, 0.25) is 0 Å². The number of carbonyl (C=O) groups excluding carboxylic acids is 1. The Labute approximate surface area is 172 Å². The second-order valence-corrected chi connectivity index (χ2v) is 6.73. The van der Waals surface area contributed by atoms with Gasteiger partial charge in [-0.05, 0) is 16.7 Å². The lowest BCUT2D eigenvalue weighted by Crippen LogP contribution is -2.36. The van der Waals surface area contributed by atoms with Gasteiger partial charge in [-0.3, -0.25) is 0 Å². The van der Waals surface area contributed by atoms with Crippen LogP contribution in [0.4, 0.5) is 0 Å². The summed E-state index contributed by atoms with van der Waals surface area (Å²) in [5, 5.41) is 0. The van der Waals surface area contributed by atoms with Crippen molar-refractivity contribution < 1.29 is 19.0 Å². The molecule has 0 spiro atoms. The van der Waals surface area contributed by atoms with Crippen molar-refractivity contribution in [3.05, 3.63) is 108 Å². The van der Waals surface area contributed by atoms with Gasteiger partial charge in [-0.25, -0.2) is 0 Å². The molecule has 0 heterocycles. The van der Waals surface area contributed by atoms with E-state index in [1.165, 1.54) is 0 Å². The summed E-state index contributed by atoms with van der Waals surface area (Å²) < 4.78 is 17.7. The van der Waals surface area contributed by atoms with E-state index in [-0.39, 0.29) is 6.61 Å². The van der Waals surface area contributed by atoms with Gasteiger partial charge in [-0.2, -0.15) is 0 Å². The van der Waals surface area contributed by atoms with Gasteiger partial charge in [-0.1, -0.05) is 91.0 Å². The lowest BCUT2D eigenvalue weighted by molar-refractivity contribution is -0.141. The SMILES string of the molecule is O=C[C@@H](OCc1ccccc1)[C@H](COCc1ccccc1)OCc1ccccc1. The second kappa shape index (κ2) is 11.9. The molecule has 0 unspecified atom stereocenters. The number of benzene rings is 3. The minimum Gasteiger partial charge on any atom is -0.374 e. The molecule has 0 aliphatic rings. The van der Waals surface area contributed by atoms with E-state index < -0.39 is 12.2 Å². The predicted octanol–water partition coefficient (Wildman–Crippen LogP) is 4.57. The van der Waals surface area contributed by atoms with E-state index in [2.05, 4.69) is 0 Å². The smallest absolute Gasteiger partial charge is 0.151 e. The van der Waals surface area contributed by atoms with Crippen LogP contribution in [0.3, 0.4) is 0 Å². The van der Waals surface area contributed by atoms with Crippen molar-refractivity contribution in [2.45, 2.75) is 32.0 Å². The van der Waals surface area contributed by atoms with Crippen LogP contribution >= 0.6 is 0 Å². The number of rotatable bonds is 12. The quantitative estimate of drug-likeness (QED) is 0.425. The van der Waals surface area contributed by atoms with E-state index in [4.69, 9.17) is 14.2 Å². The fourth-order valence-electron chi connectivity index (χ4n) is 2.88. The largest absolute Gasteiger partial charge is 0.374 e. The van der Waals surface area contributed by atoms with Crippen LogP contribution in [-0.2, 0) is 38.8 Å². The number of hydrogen-bond donors (Lipinski definition) is 0. The Morgan fingerprint density at radius 1 is 0.621 bits per heavy atom. The Balaban J connectivity index is 1.59. The van der Waals surface area contributed by atoms with Crippen molar-refractivity contribution >= 4 is 6.29 Å². The average Bonchev–Trinajstić information content (AvgIpc) is 2.79. The summed E-state index contributed by atoms with van der Waals surface area (Å²) in [4.78, 5) is 11.8. The lowest BCUT2D eigenvalue weighted by Gasteiger charge is -2.24. The van der Waals surface area contributed by atoms with Crippen LogP contribution in [0.25, 0.3) is 0 Å². The molecule has 29 heavy (non-hydrogen) atoms. The molecule has 3 aromatic rings. The third-order valence-corrected chi connectivity index (χ3v) is 4.49. The Morgan fingerprint density at radius 3 is 1.55 bits per heavy atom. The van der Waals surface area contributed by atoms with Gasteiger partial charge in [0.25, 0.3) is 0 Å². The molecule has 0 aromatic heterocycles. The fourth-order valence-corrected chi connectivity index (χ4v) is 2.88. The van der Waals surface area contributed by atoms with Crippen LogP contribution < -0.4 is 0 Å². The van der Waals surface area contributed by atoms with Crippen LogP contribution in [0, 0.1) is 0 Å². The van der Waals surface area contributed by atoms with Crippen LogP contribution in [-0.4, -0.2) is 25.1 Å². The molecule has 0 amide bonds. The van der Waals surface area contributed by atoms with Crippen LogP contribution in [0.5, 0.6) is 0 Å². The number of hydrogen-bond acceptors (Lipinski definition) is 4. The van der Waals surface area contributed by atoms with Gasteiger partial charge in [0.15, 0.2) is 6.29 Å². The highest BCUT2D eigenvalue weighted by Crippen LogP contribution is 2.12. The van der Waals surface area contributed by atoms with Crippen LogP contribution in [0.2, 0.25) is 0 Å². The molecule has 0 saturated carbocycles. The molecule has 4 nitrogen and oxygen atoms in total. The normalized spacial score (nSPS) is 13.0. The van der Waals surface area contributed by atoms with Crippen molar-refractivity contribution in [1.29, 1.82) is 0 Å². The zero-order valence-corrected chi connectivity index (χ0v) is 16.4. The zero-order chi connectivity index (χ0) is 20.2. The van der Waals surface area contributed by atoms with Crippen LogP contribution in [0.1, 0.15) is 16.7 Å². The summed E-state index contributed by atoms with van der Waals surface area (Å²) in [6.45, 7) is 1.45. The fraction of sp³-hybridized carbons (Fsp3) is 0.240. The predicted molar refractivity (Wildman–Crippen MR) is 112 cm³/mol. The molecule has 0 aliphatic heterocycles.